The maximum atomic E-state index is 13.4. The molecule has 222 valence electrons. The smallest absolute Gasteiger partial charge is 0.245 e. The van der Waals surface area contributed by atoms with Crippen LogP contribution < -0.4 is 16.8 Å². The highest BCUT2D eigenvalue weighted by molar-refractivity contribution is 5.95. The van der Waals surface area contributed by atoms with Gasteiger partial charge in [-0.25, -0.2) is 0 Å². The van der Waals surface area contributed by atoms with E-state index in [0.717, 1.165) is 24.2 Å². The quantitative estimate of drug-likeness (QED) is 0.258. The Labute approximate surface area is 231 Å². The third-order valence-electron chi connectivity index (χ3n) is 7.03. The second-order valence-corrected chi connectivity index (χ2v) is 10.9. The van der Waals surface area contributed by atoms with E-state index in [-0.39, 0.29) is 24.8 Å². The number of hydrogen-bond acceptors (Lipinski definition) is 7. The molecular weight excluding hydrogens is 506 g/mol. The van der Waals surface area contributed by atoms with Crippen molar-refractivity contribution in [2.45, 2.75) is 84.0 Å². The van der Waals surface area contributed by atoms with E-state index in [1.165, 1.54) is 37.9 Å². The molecule has 1 aliphatic heterocycles. The SMILES string of the molecule is CC(C)C[C@@H](C(=O)N[C@@H](C)C(=O)N1CCCCC1)N(C)C(=O)[C@H](C)N(C)C(=O)CN(C)C(=O)[C@@H](N)CC(N)=O. The number of rotatable bonds is 13. The number of likely N-dealkylation sites (N-methyl/N-ethyl adjacent to an activating group) is 3. The average Bonchev–Trinajstić information content (AvgIpc) is 2.88. The number of amides is 6. The largest absolute Gasteiger partial charge is 0.370 e. The van der Waals surface area contributed by atoms with E-state index in [9.17, 15) is 28.8 Å². The maximum absolute atomic E-state index is 13.4. The van der Waals surface area contributed by atoms with Gasteiger partial charge in [0, 0.05) is 34.2 Å². The van der Waals surface area contributed by atoms with Crippen LogP contribution in [0.1, 0.15) is 59.8 Å². The van der Waals surface area contributed by atoms with Crippen LogP contribution in [-0.4, -0.2) is 120 Å². The molecule has 0 aromatic carbocycles. The van der Waals surface area contributed by atoms with Crippen molar-refractivity contribution in [2.75, 3.05) is 40.8 Å². The van der Waals surface area contributed by atoms with Crippen molar-refractivity contribution in [1.82, 2.24) is 24.9 Å². The van der Waals surface area contributed by atoms with Crippen LogP contribution >= 0.6 is 0 Å². The first-order valence-electron chi connectivity index (χ1n) is 13.5. The first kappa shape index (κ1) is 33.8. The minimum absolute atomic E-state index is 0.0723. The van der Waals surface area contributed by atoms with Gasteiger partial charge in [0.1, 0.15) is 18.1 Å². The summed E-state index contributed by atoms with van der Waals surface area (Å²) in [7, 11) is 4.29. The molecule has 0 unspecified atom stereocenters. The van der Waals surface area contributed by atoms with Gasteiger partial charge in [-0.05, 0) is 45.4 Å². The number of carbonyl (C=O) groups is 6. The van der Waals surface area contributed by atoms with Crippen LogP contribution in [0.3, 0.4) is 0 Å². The highest BCUT2D eigenvalue weighted by atomic mass is 16.2. The maximum Gasteiger partial charge on any atom is 0.245 e. The third kappa shape index (κ3) is 10.1. The number of piperidine rings is 1. The number of likely N-dealkylation sites (tertiary alicyclic amines) is 1. The number of primary amides is 1. The number of nitrogens with one attached hydrogen (secondary N) is 1. The Morgan fingerprint density at radius 2 is 1.44 bits per heavy atom. The molecule has 0 bridgehead atoms. The van der Waals surface area contributed by atoms with Crippen molar-refractivity contribution in [3.8, 4) is 0 Å². The summed E-state index contributed by atoms with van der Waals surface area (Å²) in [5, 5.41) is 2.78. The van der Waals surface area contributed by atoms with Crippen LogP contribution in [0.2, 0.25) is 0 Å². The van der Waals surface area contributed by atoms with Crippen molar-refractivity contribution in [1.29, 1.82) is 0 Å². The molecule has 4 atom stereocenters. The average molecular weight is 554 g/mol. The molecular formula is C26H47N7O6. The molecule has 1 rings (SSSR count). The fourth-order valence-electron chi connectivity index (χ4n) is 4.46. The Bertz CT molecular complexity index is 905. The van der Waals surface area contributed by atoms with Crippen LogP contribution in [0.15, 0.2) is 0 Å². The molecule has 6 amide bonds. The van der Waals surface area contributed by atoms with E-state index in [2.05, 4.69) is 5.32 Å². The zero-order chi connectivity index (χ0) is 30.0. The molecule has 13 heteroatoms. The van der Waals surface area contributed by atoms with E-state index < -0.39 is 53.7 Å². The Hall–Kier alpha value is -3.22. The zero-order valence-electron chi connectivity index (χ0n) is 24.4. The Balaban J connectivity index is 2.88. The Kier molecular flexibility index (Phi) is 13.3. The summed E-state index contributed by atoms with van der Waals surface area (Å²) < 4.78 is 0. The van der Waals surface area contributed by atoms with Crippen LogP contribution in [0.5, 0.6) is 0 Å². The zero-order valence-corrected chi connectivity index (χ0v) is 24.4. The minimum atomic E-state index is -1.17. The lowest BCUT2D eigenvalue weighted by Crippen LogP contribution is -2.57. The fraction of sp³-hybridized carbons (Fsp3) is 0.769. The molecule has 1 aliphatic rings. The van der Waals surface area contributed by atoms with Crippen LogP contribution in [0.25, 0.3) is 0 Å². The summed E-state index contributed by atoms with van der Waals surface area (Å²) in [4.78, 5) is 81.0. The van der Waals surface area contributed by atoms with Crippen LogP contribution in [0.4, 0.5) is 0 Å². The lowest BCUT2D eigenvalue weighted by atomic mass is 10.0. The highest BCUT2D eigenvalue weighted by Crippen LogP contribution is 2.15. The summed E-state index contributed by atoms with van der Waals surface area (Å²) >= 11 is 0. The van der Waals surface area contributed by atoms with Crippen LogP contribution in [0, 0.1) is 5.92 Å². The molecule has 5 N–H and O–H groups in total. The number of hydrogen-bond donors (Lipinski definition) is 3. The first-order valence-corrected chi connectivity index (χ1v) is 13.5. The summed E-state index contributed by atoms with van der Waals surface area (Å²) in [6, 6.07) is -3.70. The standard InChI is InChI=1S/C26H47N7O6/c1-16(2)13-20(23(36)29-17(3)24(37)33-11-9-8-10-12-33)32(7)25(38)18(4)31(6)22(35)15-30(5)26(39)19(27)14-21(28)34/h16-20H,8-15,27H2,1-7H3,(H2,28,34)(H,29,36)/t17-,18-,19-,20-/m0/s1. The molecule has 0 saturated carbocycles. The van der Waals surface area contributed by atoms with E-state index in [1.54, 1.807) is 11.8 Å². The van der Waals surface area contributed by atoms with Gasteiger partial charge in [-0.15, -0.1) is 0 Å². The molecule has 0 spiro atoms. The van der Waals surface area contributed by atoms with E-state index in [4.69, 9.17) is 11.5 Å². The molecule has 39 heavy (non-hydrogen) atoms. The van der Waals surface area contributed by atoms with Gasteiger partial charge in [0.25, 0.3) is 0 Å². The second kappa shape index (κ2) is 15.4. The predicted molar refractivity (Wildman–Crippen MR) is 146 cm³/mol. The first-order chi connectivity index (χ1) is 18.1. The van der Waals surface area contributed by atoms with Gasteiger partial charge in [0.05, 0.1) is 19.0 Å². The van der Waals surface area contributed by atoms with Crippen molar-refractivity contribution < 1.29 is 28.8 Å². The minimum Gasteiger partial charge on any atom is -0.370 e. The molecule has 13 nitrogen and oxygen atoms in total. The van der Waals surface area contributed by atoms with Crippen molar-refractivity contribution in [3.05, 3.63) is 0 Å². The molecule has 0 aromatic rings. The van der Waals surface area contributed by atoms with Gasteiger partial charge in [-0.3, -0.25) is 28.8 Å². The van der Waals surface area contributed by atoms with Gasteiger partial charge in [0.2, 0.25) is 35.4 Å². The van der Waals surface area contributed by atoms with Crippen LogP contribution in [-0.2, 0) is 28.8 Å². The summed E-state index contributed by atoms with van der Waals surface area (Å²) in [5.74, 6) is -2.88. The number of nitrogens with zero attached hydrogens (tertiary/aromatic N) is 4. The van der Waals surface area contributed by atoms with Gasteiger partial charge in [-0.1, -0.05) is 13.8 Å². The van der Waals surface area contributed by atoms with Gasteiger partial charge < -0.3 is 36.4 Å². The molecule has 1 saturated heterocycles. The summed E-state index contributed by atoms with van der Waals surface area (Å²) in [6.45, 7) is 8.00. The van der Waals surface area contributed by atoms with Crippen molar-refractivity contribution in [2.24, 2.45) is 17.4 Å². The van der Waals surface area contributed by atoms with Crippen molar-refractivity contribution >= 4 is 35.4 Å². The molecule has 0 radical (unpaired) electrons. The lowest BCUT2D eigenvalue weighted by molar-refractivity contribution is -0.149. The molecule has 0 aromatic heterocycles. The summed E-state index contributed by atoms with van der Waals surface area (Å²) in [5.41, 5.74) is 10.8. The second-order valence-electron chi connectivity index (χ2n) is 10.9. The van der Waals surface area contributed by atoms with Gasteiger partial charge >= 0.3 is 0 Å². The van der Waals surface area contributed by atoms with Crippen molar-refractivity contribution in [3.63, 3.8) is 0 Å². The van der Waals surface area contributed by atoms with Gasteiger partial charge in [-0.2, -0.15) is 0 Å². The Morgan fingerprint density at radius 3 is 1.95 bits per heavy atom. The normalized spacial score (nSPS) is 16.5. The van der Waals surface area contributed by atoms with E-state index in [0.29, 0.717) is 19.5 Å². The van der Waals surface area contributed by atoms with E-state index in [1.807, 2.05) is 13.8 Å². The van der Waals surface area contributed by atoms with Gasteiger partial charge in [0.15, 0.2) is 0 Å². The fourth-order valence-corrected chi connectivity index (χ4v) is 4.46. The predicted octanol–water partition coefficient (Wildman–Crippen LogP) is -1.12. The number of carbonyl (C=O) groups excluding carboxylic acids is 6. The molecule has 0 aliphatic carbocycles. The topological polar surface area (TPSA) is 179 Å². The molecule has 1 fully saturated rings. The highest BCUT2D eigenvalue weighted by Gasteiger charge is 2.35. The summed E-state index contributed by atoms with van der Waals surface area (Å²) in [6.07, 6.45) is 2.96. The Morgan fingerprint density at radius 1 is 0.872 bits per heavy atom. The number of nitrogens with two attached hydrogens (primary N) is 2. The molecule has 1 heterocycles. The van der Waals surface area contributed by atoms with E-state index >= 15 is 0 Å². The lowest BCUT2D eigenvalue weighted by Gasteiger charge is -2.35. The monoisotopic (exact) mass is 553 g/mol. The third-order valence-corrected chi connectivity index (χ3v) is 7.03.